The highest BCUT2D eigenvalue weighted by Gasteiger charge is 2.46. The Bertz CT molecular complexity index is 999. The van der Waals surface area contributed by atoms with Gasteiger partial charge in [0.2, 0.25) is 10.0 Å². The van der Waals surface area contributed by atoms with Crippen molar-refractivity contribution in [1.29, 1.82) is 0 Å². The molecule has 0 spiro atoms. The van der Waals surface area contributed by atoms with E-state index in [1.165, 1.54) is 12.4 Å². The van der Waals surface area contributed by atoms with E-state index in [9.17, 15) is 13.2 Å². The SMILES string of the molecule is COc1cccc(CCN2C[C@H]3CCN(C(=O)c4ccnnc4)CC[C@H]3S2(=O)=O)c1. The molecule has 2 aliphatic heterocycles. The first kappa shape index (κ1) is 20.7. The molecule has 3 heterocycles. The van der Waals surface area contributed by atoms with E-state index in [4.69, 9.17) is 4.74 Å². The number of amides is 1. The Hall–Kier alpha value is -2.52. The van der Waals surface area contributed by atoms with Gasteiger partial charge in [0.15, 0.2) is 0 Å². The molecule has 160 valence electrons. The number of likely N-dealkylation sites (tertiary alicyclic amines) is 1. The van der Waals surface area contributed by atoms with E-state index in [-0.39, 0.29) is 11.8 Å². The number of benzene rings is 1. The van der Waals surface area contributed by atoms with Crippen molar-refractivity contribution in [2.24, 2.45) is 5.92 Å². The highest BCUT2D eigenvalue weighted by Crippen LogP contribution is 2.34. The summed E-state index contributed by atoms with van der Waals surface area (Å²) in [5.74, 6) is 0.710. The van der Waals surface area contributed by atoms with Crippen molar-refractivity contribution in [3.05, 3.63) is 53.9 Å². The molecule has 1 amide bonds. The maximum absolute atomic E-state index is 13.2. The predicted molar refractivity (Wildman–Crippen MR) is 112 cm³/mol. The molecule has 2 aromatic rings. The van der Waals surface area contributed by atoms with Crippen LogP contribution in [0.5, 0.6) is 5.75 Å². The van der Waals surface area contributed by atoms with Gasteiger partial charge in [-0.15, -0.1) is 0 Å². The van der Waals surface area contributed by atoms with Gasteiger partial charge in [0.05, 0.1) is 30.3 Å². The van der Waals surface area contributed by atoms with Crippen molar-refractivity contribution >= 4 is 15.9 Å². The molecule has 0 saturated carbocycles. The molecule has 1 aromatic carbocycles. The Kier molecular flexibility index (Phi) is 6.01. The van der Waals surface area contributed by atoms with Crippen LogP contribution in [0.4, 0.5) is 0 Å². The molecule has 2 atom stereocenters. The number of fused-ring (bicyclic) bond motifs is 1. The molecule has 0 bridgehead atoms. The highest BCUT2D eigenvalue weighted by molar-refractivity contribution is 7.90. The normalized spacial score (nSPS) is 23.6. The number of aromatic nitrogens is 2. The van der Waals surface area contributed by atoms with Gasteiger partial charge in [0.1, 0.15) is 5.75 Å². The van der Waals surface area contributed by atoms with Crippen LogP contribution in [0.2, 0.25) is 0 Å². The number of hydrogen-bond acceptors (Lipinski definition) is 6. The molecule has 0 N–H and O–H groups in total. The Morgan fingerprint density at radius 3 is 2.80 bits per heavy atom. The van der Waals surface area contributed by atoms with Gasteiger partial charge < -0.3 is 9.64 Å². The summed E-state index contributed by atoms with van der Waals surface area (Å²) in [5, 5.41) is 7.04. The van der Waals surface area contributed by atoms with E-state index < -0.39 is 15.3 Å². The lowest BCUT2D eigenvalue weighted by Gasteiger charge is -2.22. The van der Waals surface area contributed by atoms with Crippen molar-refractivity contribution in [1.82, 2.24) is 19.4 Å². The van der Waals surface area contributed by atoms with E-state index in [2.05, 4.69) is 10.2 Å². The first-order valence-electron chi connectivity index (χ1n) is 10.2. The van der Waals surface area contributed by atoms with Crippen LogP contribution in [0, 0.1) is 5.92 Å². The lowest BCUT2D eigenvalue weighted by molar-refractivity contribution is 0.0758. The van der Waals surface area contributed by atoms with Gasteiger partial charge in [-0.3, -0.25) is 4.79 Å². The summed E-state index contributed by atoms with van der Waals surface area (Å²) >= 11 is 0. The fourth-order valence-electron chi connectivity index (χ4n) is 4.40. The van der Waals surface area contributed by atoms with Gasteiger partial charge in [-0.2, -0.15) is 10.2 Å². The van der Waals surface area contributed by atoms with Crippen molar-refractivity contribution in [2.45, 2.75) is 24.5 Å². The third-order valence-electron chi connectivity index (χ3n) is 6.06. The van der Waals surface area contributed by atoms with Gasteiger partial charge in [-0.05, 0) is 48.9 Å². The standard InChI is InChI=1S/C21H26N4O4S/c1-29-19-4-2-3-16(13-19)6-12-25-15-18-7-10-24(11-8-20(18)30(25,27)28)21(26)17-5-9-22-23-14-17/h2-5,9,13-14,18,20H,6-8,10-12,15H2,1H3/t18-,20-/m1/s1. The molecule has 2 saturated heterocycles. The quantitative estimate of drug-likeness (QED) is 0.715. The topological polar surface area (TPSA) is 92.7 Å². The van der Waals surface area contributed by atoms with E-state index in [1.54, 1.807) is 22.4 Å². The third kappa shape index (κ3) is 4.17. The van der Waals surface area contributed by atoms with E-state index in [1.807, 2.05) is 24.3 Å². The van der Waals surface area contributed by atoms with Crippen LogP contribution in [0.25, 0.3) is 0 Å². The molecule has 0 unspecified atom stereocenters. The second-order valence-corrected chi connectivity index (χ2v) is 9.96. The molecule has 4 rings (SSSR count). The average molecular weight is 431 g/mol. The van der Waals surface area contributed by atoms with Crippen LogP contribution >= 0.6 is 0 Å². The summed E-state index contributed by atoms with van der Waals surface area (Å²) in [5.41, 5.74) is 1.54. The summed E-state index contributed by atoms with van der Waals surface area (Å²) < 4.78 is 33.2. The Morgan fingerprint density at radius 1 is 1.20 bits per heavy atom. The lowest BCUT2D eigenvalue weighted by Crippen LogP contribution is -2.35. The first-order chi connectivity index (χ1) is 14.5. The summed E-state index contributed by atoms with van der Waals surface area (Å²) in [6.45, 7) is 1.98. The average Bonchev–Trinajstić information content (AvgIpc) is 2.90. The second-order valence-electron chi connectivity index (χ2n) is 7.80. The predicted octanol–water partition coefficient (Wildman–Crippen LogP) is 1.59. The molecule has 1 aromatic heterocycles. The fourth-order valence-corrected chi connectivity index (χ4v) is 6.64. The lowest BCUT2D eigenvalue weighted by atomic mass is 10.0. The minimum atomic E-state index is -3.37. The second kappa shape index (κ2) is 8.69. The number of carbonyl (C=O) groups is 1. The third-order valence-corrected chi connectivity index (χ3v) is 8.50. The molecular weight excluding hydrogens is 404 g/mol. The van der Waals surface area contributed by atoms with E-state index in [0.717, 1.165) is 11.3 Å². The molecule has 0 aliphatic carbocycles. The maximum atomic E-state index is 13.2. The Labute approximate surface area is 176 Å². The van der Waals surface area contributed by atoms with Crippen molar-refractivity contribution < 1.29 is 17.9 Å². The van der Waals surface area contributed by atoms with Crippen LogP contribution in [0.15, 0.2) is 42.7 Å². The van der Waals surface area contributed by atoms with Crippen LogP contribution in [-0.4, -0.2) is 72.3 Å². The first-order valence-corrected chi connectivity index (χ1v) is 11.7. The van der Waals surface area contributed by atoms with Crippen molar-refractivity contribution in [2.75, 3.05) is 33.3 Å². The summed E-state index contributed by atoms with van der Waals surface area (Å²) in [6.07, 6.45) is 4.74. The maximum Gasteiger partial charge on any atom is 0.255 e. The summed E-state index contributed by atoms with van der Waals surface area (Å²) in [4.78, 5) is 14.4. The van der Waals surface area contributed by atoms with Gasteiger partial charge in [-0.1, -0.05) is 12.1 Å². The van der Waals surface area contributed by atoms with Gasteiger partial charge in [0, 0.05) is 26.2 Å². The van der Waals surface area contributed by atoms with Crippen LogP contribution in [0.3, 0.4) is 0 Å². The van der Waals surface area contributed by atoms with Crippen LogP contribution in [-0.2, 0) is 16.4 Å². The molecule has 8 nitrogen and oxygen atoms in total. The number of sulfonamides is 1. The number of methoxy groups -OCH3 is 1. The zero-order chi connectivity index (χ0) is 21.1. The molecule has 30 heavy (non-hydrogen) atoms. The van der Waals surface area contributed by atoms with Crippen LogP contribution < -0.4 is 4.74 Å². The number of rotatable bonds is 5. The monoisotopic (exact) mass is 430 g/mol. The molecule has 2 fully saturated rings. The van der Waals surface area contributed by atoms with Gasteiger partial charge in [0.25, 0.3) is 5.91 Å². The molecular formula is C21H26N4O4S. The fraction of sp³-hybridized carbons (Fsp3) is 0.476. The minimum Gasteiger partial charge on any atom is -0.497 e. The minimum absolute atomic E-state index is 0.0497. The summed E-state index contributed by atoms with van der Waals surface area (Å²) in [6, 6.07) is 9.36. The highest BCUT2D eigenvalue weighted by atomic mass is 32.2. The number of nitrogens with zero attached hydrogens (tertiary/aromatic N) is 4. The smallest absolute Gasteiger partial charge is 0.255 e. The van der Waals surface area contributed by atoms with Crippen molar-refractivity contribution in [3.63, 3.8) is 0 Å². The number of hydrogen-bond donors (Lipinski definition) is 0. The Morgan fingerprint density at radius 2 is 2.03 bits per heavy atom. The van der Waals surface area contributed by atoms with Gasteiger partial charge >= 0.3 is 0 Å². The van der Waals surface area contributed by atoms with E-state index in [0.29, 0.717) is 51.0 Å². The summed E-state index contributed by atoms with van der Waals surface area (Å²) in [7, 11) is -1.75. The van der Waals surface area contributed by atoms with Gasteiger partial charge in [-0.25, -0.2) is 12.7 Å². The molecule has 9 heteroatoms. The van der Waals surface area contributed by atoms with Crippen molar-refractivity contribution in [3.8, 4) is 5.75 Å². The zero-order valence-electron chi connectivity index (χ0n) is 17.0. The number of ether oxygens (including phenoxy) is 1. The molecule has 0 radical (unpaired) electrons. The largest absolute Gasteiger partial charge is 0.497 e. The molecule has 2 aliphatic rings. The number of carbonyl (C=O) groups excluding carboxylic acids is 1. The van der Waals surface area contributed by atoms with E-state index >= 15 is 0 Å². The zero-order valence-corrected chi connectivity index (χ0v) is 17.8. The Balaban J connectivity index is 1.40. The van der Waals surface area contributed by atoms with Crippen LogP contribution in [0.1, 0.15) is 28.8 Å².